The van der Waals surface area contributed by atoms with Gasteiger partial charge in [-0.25, -0.2) is 0 Å². The van der Waals surface area contributed by atoms with E-state index in [9.17, 15) is 10.2 Å². The Balaban J connectivity index is 3.05. The number of phenolic OH excluding ortho intramolecular Hbond substituents is 1. The van der Waals surface area contributed by atoms with Gasteiger partial charge in [0.25, 0.3) is 0 Å². The summed E-state index contributed by atoms with van der Waals surface area (Å²) in [5.74, 6) is 0.795. The molecule has 0 radical (unpaired) electrons. The monoisotopic (exact) mass is 314 g/mol. The Morgan fingerprint density at radius 3 is 2.26 bits per heavy atom. The predicted molar refractivity (Wildman–Crippen MR) is 98.8 cm³/mol. The standard InChI is InChI=1S/C21H30O2/c1-6-17(10-9-16(4)22)18(7-2)15-21(5,8-3)19-11-13-20(23)14-12-19/h6,9-14,18,22-23H,4,7-8,15H2,1-3,5H3/b10-9-,17-6+. The number of hydrogen-bond donors (Lipinski definition) is 2. The van der Waals surface area contributed by atoms with Gasteiger partial charge in [0, 0.05) is 0 Å². The van der Waals surface area contributed by atoms with Crippen molar-refractivity contribution >= 4 is 0 Å². The van der Waals surface area contributed by atoms with Crippen LogP contribution >= 0.6 is 0 Å². The molecular formula is C21H30O2. The van der Waals surface area contributed by atoms with Crippen molar-refractivity contribution in [3.8, 4) is 5.75 Å². The first-order valence-electron chi connectivity index (χ1n) is 8.38. The van der Waals surface area contributed by atoms with Gasteiger partial charge in [0.1, 0.15) is 11.5 Å². The minimum atomic E-state index is 0.0483. The molecule has 2 atom stereocenters. The molecule has 2 nitrogen and oxygen atoms in total. The van der Waals surface area contributed by atoms with Crippen LogP contribution in [-0.4, -0.2) is 10.2 Å². The number of aliphatic hydroxyl groups is 1. The summed E-state index contributed by atoms with van der Waals surface area (Å²) in [5.41, 5.74) is 2.52. The van der Waals surface area contributed by atoms with Crippen LogP contribution in [0.25, 0.3) is 0 Å². The quantitative estimate of drug-likeness (QED) is 0.453. The van der Waals surface area contributed by atoms with Crippen molar-refractivity contribution in [2.24, 2.45) is 5.92 Å². The summed E-state index contributed by atoms with van der Waals surface area (Å²) in [5, 5.41) is 18.8. The van der Waals surface area contributed by atoms with E-state index in [1.165, 1.54) is 11.1 Å². The normalized spacial score (nSPS) is 16.3. The van der Waals surface area contributed by atoms with Gasteiger partial charge in [0.15, 0.2) is 0 Å². The molecular weight excluding hydrogens is 284 g/mol. The van der Waals surface area contributed by atoms with Gasteiger partial charge in [0.2, 0.25) is 0 Å². The minimum absolute atomic E-state index is 0.0483. The van der Waals surface area contributed by atoms with E-state index in [1.54, 1.807) is 18.2 Å². The summed E-state index contributed by atoms with van der Waals surface area (Å²) in [4.78, 5) is 0. The lowest BCUT2D eigenvalue weighted by Crippen LogP contribution is -2.25. The smallest absolute Gasteiger partial charge is 0.115 e. The molecule has 1 aromatic rings. The fourth-order valence-corrected chi connectivity index (χ4v) is 3.03. The van der Waals surface area contributed by atoms with Crippen LogP contribution in [0.2, 0.25) is 0 Å². The maximum atomic E-state index is 9.52. The highest BCUT2D eigenvalue weighted by Crippen LogP contribution is 2.38. The van der Waals surface area contributed by atoms with Gasteiger partial charge >= 0.3 is 0 Å². The average molecular weight is 314 g/mol. The number of aliphatic hydroxyl groups excluding tert-OH is 1. The Labute approximate surface area is 140 Å². The first-order valence-corrected chi connectivity index (χ1v) is 8.38. The molecule has 0 fully saturated rings. The van der Waals surface area contributed by atoms with Crippen LogP contribution in [0.4, 0.5) is 0 Å². The molecule has 0 aliphatic heterocycles. The number of rotatable bonds is 8. The maximum Gasteiger partial charge on any atom is 0.115 e. The summed E-state index contributed by atoms with van der Waals surface area (Å²) in [7, 11) is 0. The van der Waals surface area contributed by atoms with Crippen LogP contribution in [0.15, 0.2) is 60.4 Å². The summed E-state index contributed by atoms with van der Waals surface area (Å²) in [6.07, 6.45) is 8.82. The van der Waals surface area contributed by atoms with E-state index in [-0.39, 0.29) is 11.2 Å². The molecule has 1 rings (SSSR count). The molecule has 1 aromatic carbocycles. The van der Waals surface area contributed by atoms with E-state index in [0.717, 1.165) is 19.3 Å². The zero-order valence-electron chi connectivity index (χ0n) is 14.8. The number of phenols is 1. The molecule has 0 bridgehead atoms. The summed E-state index contributed by atoms with van der Waals surface area (Å²) in [6.45, 7) is 12.2. The first kappa shape index (κ1) is 19.1. The van der Waals surface area contributed by atoms with E-state index in [2.05, 4.69) is 33.4 Å². The van der Waals surface area contributed by atoms with Crippen LogP contribution in [0.3, 0.4) is 0 Å². The van der Waals surface area contributed by atoms with Crippen molar-refractivity contribution in [2.45, 2.75) is 52.4 Å². The highest BCUT2D eigenvalue weighted by Gasteiger charge is 2.28. The van der Waals surface area contributed by atoms with Crippen molar-refractivity contribution < 1.29 is 10.2 Å². The lowest BCUT2D eigenvalue weighted by atomic mass is 9.71. The van der Waals surface area contributed by atoms with E-state index in [0.29, 0.717) is 11.7 Å². The lowest BCUT2D eigenvalue weighted by molar-refractivity contribution is 0.350. The largest absolute Gasteiger partial charge is 0.509 e. The molecule has 0 aromatic heterocycles. The fourth-order valence-electron chi connectivity index (χ4n) is 3.03. The van der Waals surface area contributed by atoms with Crippen LogP contribution in [0.1, 0.15) is 52.5 Å². The molecule has 23 heavy (non-hydrogen) atoms. The van der Waals surface area contributed by atoms with E-state index < -0.39 is 0 Å². The fraction of sp³-hybridized carbons (Fsp3) is 0.429. The number of allylic oxidation sites excluding steroid dienone is 4. The first-order chi connectivity index (χ1) is 10.9. The number of benzene rings is 1. The van der Waals surface area contributed by atoms with Crippen LogP contribution < -0.4 is 0 Å². The van der Waals surface area contributed by atoms with E-state index >= 15 is 0 Å². The molecule has 2 unspecified atom stereocenters. The van der Waals surface area contributed by atoms with Crippen molar-refractivity contribution in [1.29, 1.82) is 0 Å². The van der Waals surface area contributed by atoms with Gasteiger partial charge in [-0.05, 0) is 66.9 Å². The predicted octanol–water partition coefficient (Wildman–Crippen LogP) is 6.05. The van der Waals surface area contributed by atoms with Gasteiger partial charge in [-0.2, -0.15) is 0 Å². The van der Waals surface area contributed by atoms with Crippen LogP contribution in [0, 0.1) is 5.92 Å². The topological polar surface area (TPSA) is 40.5 Å². The molecule has 0 saturated carbocycles. The summed E-state index contributed by atoms with van der Waals surface area (Å²) >= 11 is 0. The number of aromatic hydroxyl groups is 1. The molecule has 0 aliphatic rings. The van der Waals surface area contributed by atoms with Gasteiger partial charge in [-0.3, -0.25) is 0 Å². The van der Waals surface area contributed by atoms with E-state index in [4.69, 9.17) is 0 Å². The highest BCUT2D eigenvalue weighted by atomic mass is 16.3. The van der Waals surface area contributed by atoms with Gasteiger partial charge in [-0.1, -0.05) is 51.6 Å². The Bertz CT molecular complexity index is 566. The van der Waals surface area contributed by atoms with Gasteiger partial charge in [-0.15, -0.1) is 0 Å². The molecule has 0 heterocycles. The van der Waals surface area contributed by atoms with Crippen LogP contribution in [-0.2, 0) is 5.41 Å². The Hall–Kier alpha value is -1.96. The third-order valence-electron chi connectivity index (χ3n) is 4.81. The van der Waals surface area contributed by atoms with Gasteiger partial charge in [0.05, 0.1) is 0 Å². The van der Waals surface area contributed by atoms with Gasteiger partial charge < -0.3 is 10.2 Å². The zero-order chi connectivity index (χ0) is 17.5. The molecule has 0 amide bonds. The van der Waals surface area contributed by atoms with Crippen LogP contribution in [0.5, 0.6) is 5.75 Å². The second-order valence-corrected chi connectivity index (χ2v) is 6.38. The molecule has 0 saturated heterocycles. The zero-order valence-corrected chi connectivity index (χ0v) is 14.8. The van der Waals surface area contributed by atoms with E-state index in [1.807, 2.05) is 25.1 Å². The van der Waals surface area contributed by atoms with Crippen molar-refractivity contribution in [1.82, 2.24) is 0 Å². The summed E-state index contributed by atoms with van der Waals surface area (Å²) in [6, 6.07) is 7.56. The molecule has 0 aliphatic carbocycles. The van der Waals surface area contributed by atoms with Crippen molar-refractivity contribution in [3.63, 3.8) is 0 Å². The molecule has 2 heteroatoms. The highest BCUT2D eigenvalue weighted by molar-refractivity contribution is 5.33. The SMILES string of the molecule is C=C(O)/C=C\C(=C/C)C(CC)CC(C)(CC)c1ccc(O)cc1. The average Bonchev–Trinajstić information content (AvgIpc) is 2.54. The lowest BCUT2D eigenvalue weighted by Gasteiger charge is -2.33. The molecule has 126 valence electrons. The third kappa shape index (κ3) is 5.31. The van der Waals surface area contributed by atoms with Crippen molar-refractivity contribution in [2.75, 3.05) is 0 Å². The van der Waals surface area contributed by atoms with Crippen molar-refractivity contribution in [3.05, 3.63) is 66.0 Å². The third-order valence-corrected chi connectivity index (χ3v) is 4.81. The summed E-state index contributed by atoms with van der Waals surface area (Å²) < 4.78 is 0. The molecule has 0 spiro atoms. The molecule has 2 N–H and O–H groups in total. The second-order valence-electron chi connectivity index (χ2n) is 6.38. The number of hydrogen-bond acceptors (Lipinski definition) is 2. The maximum absolute atomic E-state index is 9.52. The Morgan fingerprint density at radius 1 is 1.22 bits per heavy atom. The second kappa shape index (κ2) is 8.61. The Kier molecular flexibility index (Phi) is 7.15. The minimum Gasteiger partial charge on any atom is -0.509 e. The Morgan fingerprint density at radius 2 is 1.83 bits per heavy atom.